The first-order valence-electron chi connectivity index (χ1n) is 3.48. The van der Waals surface area contributed by atoms with Gasteiger partial charge in [-0.25, -0.2) is 4.79 Å². The van der Waals surface area contributed by atoms with Gasteiger partial charge in [0.05, 0.1) is 13.7 Å². The molecule has 0 spiro atoms. The molecule has 1 amide bonds. The van der Waals surface area contributed by atoms with Crippen LogP contribution < -0.4 is 11.5 Å². The van der Waals surface area contributed by atoms with Crippen LogP contribution in [0.4, 0.5) is 4.79 Å². The molecule has 0 saturated heterocycles. The number of ether oxygens (including phenoxy) is 1. The van der Waals surface area contributed by atoms with Crippen LogP contribution in [0.2, 0.25) is 2.82 Å². The van der Waals surface area contributed by atoms with Crippen LogP contribution in [0.25, 0.3) is 0 Å². The number of methoxy groups -OCH3 is 1. The molecule has 0 atom stereocenters. The van der Waals surface area contributed by atoms with Crippen molar-refractivity contribution in [2.75, 3.05) is 13.7 Å². The maximum Gasteiger partial charge on any atom is 0.404 e. The van der Waals surface area contributed by atoms with Crippen molar-refractivity contribution >= 4 is 11.9 Å². The molecule has 4 N–H and O–H groups in total. The number of hydrogen-bond acceptors (Lipinski definition) is 4. The highest BCUT2D eigenvalue weighted by Gasteiger charge is 1.77. The molecule has 12 heavy (non-hydrogen) atoms. The average molecular weight is 182 g/mol. The van der Waals surface area contributed by atoms with Gasteiger partial charge in [-0.1, -0.05) is 14.9 Å². The summed E-state index contributed by atoms with van der Waals surface area (Å²) >= 11 is 0. The summed E-state index contributed by atoms with van der Waals surface area (Å²) in [5.74, 6) is -0.00926. The fourth-order valence-corrected chi connectivity index (χ4v) is 0. The van der Waals surface area contributed by atoms with Crippen molar-refractivity contribution in [1.29, 1.82) is 0 Å². The number of carbonyl (C=O) groups is 2. The fraction of sp³-hybridized carbons (Fsp3) is 0.714. The first-order valence-corrected chi connectivity index (χ1v) is 2.48. The number of ketones is 1. The smallest absolute Gasteiger partial charge is 0.404 e. The van der Waals surface area contributed by atoms with E-state index >= 15 is 0 Å². The number of amides is 1. The molecule has 0 heterocycles. The highest BCUT2D eigenvalue weighted by Crippen LogP contribution is 1.55. The Hall–Kier alpha value is -1.10. The minimum absolute atomic E-state index is 0. The topological polar surface area (TPSA) is 95.4 Å². The lowest BCUT2D eigenvalue weighted by molar-refractivity contribution is -0.115. The van der Waals surface area contributed by atoms with Gasteiger partial charge in [-0.05, 0) is 6.92 Å². The minimum Gasteiger partial charge on any atom is -0.453 e. The SMILES string of the molecule is C.C.[2H]NC(=O)OC.[2H]NCC(C)=O. The largest absolute Gasteiger partial charge is 0.453 e. The molecule has 0 fully saturated rings. The van der Waals surface area contributed by atoms with Crippen LogP contribution in [0.15, 0.2) is 0 Å². The molecular weight excluding hydrogens is 160 g/mol. The predicted molar refractivity (Wildman–Crippen MR) is 49.8 cm³/mol. The first kappa shape index (κ1) is 13.5. The normalized spacial score (nSPS) is 7.83. The third kappa shape index (κ3) is 66.0. The number of hydrogen-bond donors (Lipinski definition) is 2. The predicted octanol–water partition coefficient (Wildman–Crippen LogP) is 0.518. The van der Waals surface area contributed by atoms with Crippen LogP contribution in [-0.4, -0.2) is 25.5 Å². The van der Waals surface area contributed by atoms with Crippen molar-refractivity contribution < 1.29 is 17.1 Å². The number of rotatable bonds is 2. The molecule has 0 aliphatic carbocycles. The summed E-state index contributed by atoms with van der Waals surface area (Å²) in [6.07, 6.45) is -0.741. The molecule has 5 heteroatoms. The van der Waals surface area contributed by atoms with E-state index in [1.165, 1.54) is 19.8 Å². The van der Waals surface area contributed by atoms with E-state index in [4.69, 9.17) is 2.82 Å². The summed E-state index contributed by atoms with van der Waals surface area (Å²) in [5.41, 5.74) is 3.47. The second-order valence-electron chi connectivity index (χ2n) is 1.37. The summed E-state index contributed by atoms with van der Waals surface area (Å²) in [6, 6.07) is 0. The second kappa shape index (κ2) is 16.5. The van der Waals surface area contributed by atoms with E-state index in [9.17, 15) is 9.59 Å². The van der Waals surface area contributed by atoms with Crippen LogP contribution in [0.5, 0.6) is 0 Å². The van der Waals surface area contributed by atoms with E-state index in [2.05, 4.69) is 4.74 Å². The van der Waals surface area contributed by atoms with Gasteiger partial charge >= 0.3 is 6.09 Å². The third-order valence-electron chi connectivity index (χ3n) is 0.434. The maximum atomic E-state index is 9.86. The van der Waals surface area contributed by atoms with Gasteiger partial charge in [0.25, 0.3) is 0 Å². The molecule has 5 nitrogen and oxygen atoms in total. The second-order valence-corrected chi connectivity index (χ2v) is 1.37. The summed E-state index contributed by atoms with van der Waals surface area (Å²) in [5, 5.41) is 0. The number of primary amides is 1. The molecule has 76 valence electrons. The Balaban J connectivity index is -0.0000000625. The number of Topliss-reactive ketones (excluding diaryl/α,β-unsaturated/α-hetero) is 1. The van der Waals surface area contributed by atoms with Gasteiger partial charge < -0.3 is 16.2 Å². The van der Waals surface area contributed by atoms with E-state index in [-0.39, 0.29) is 27.2 Å². The summed E-state index contributed by atoms with van der Waals surface area (Å²) in [6.45, 7) is 1.58. The molecule has 0 aliphatic rings. The molecule has 0 rings (SSSR count). The highest BCUT2D eigenvalue weighted by atomic mass is 16.5. The van der Waals surface area contributed by atoms with Crippen molar-refractivity contribution in [3.63, 3.8) is 0 Å². The van der Waals surface area contributed by atoms with Gasteiger partial charge in [0.2, 0.25) is 0 Å². The van der Waals surface area contributed by atoms with Gasteiger partial charge in [0.1, 0.15) is 7.20 Å². The Morgan fingerprint density at radius 3 is 2.00 bits per heavy atom. The van der Waals surface area contributed by atoms with E-state index in [1.54, 1.807) is 0 Å². The Labute approximate surface area is 77.0 Å². The van der Waals surface area contributed by atoms with E-state index in [1.807, 2.05) is 5.73 Å². The fourth-order valence-electron chi connectivity index (χ4n) is 0. The summed E-state index contributed by atoms with van der Waals surface area (Å²) < 4.78 is 16.3. The maximum absolute atomic E-state index is 9.86. The lowest BCUT2D eigenvalue weighted by Crippen LogP contribution is -2.08. The minimum atomic E-state index is -0.741. The van der Waals surface area contributed by atoms with Gasteiger partial charge in [-0.3, -0.25) is 4.79 Å². The quantitative estimate of drug-likeness (QED) is 0.650. The van der Waals surface area contributed by atoms with Gasteiger partial charge in [-0.2, -0.15) is 0 Å². The van der Waals surface area contributed by atoms with Crippen LogP contribution >= 0.6 is 0 Å². The Bertz CT molecular complexity index is 139. The van der Waals surface area contributed by atoms with Crippen molar-refractivity contribution in [1.82, 2.24) is 0 Å². The Morgan fingerprint density at radius 2 is 2.00 bits per heavy atom. The zero-order valence-corrected chi connectivity index (χ0v) is 5.93. The van der Waals surface area contributed by atoms with Crippen molar-refractivity contribution in [3.8, 4) is 0 Å². The lowest BCUT2D eigenvalue weighted by Gasteiger charge is -1.81. The number of nitrogens with two attached hydrogens (primary N) is 2. The molecular formula is C7H20N2O3. The standard InChI is InChI=1S/C3H7NO.C2H5NO2.2CH4/c1-3(5)2-4;1-5-2(3)4;;/h2,4H2,1H3;1H3,(H2,3,4);2*1H4/i/hD2. The van der Waals surface area contributed by atoms with Crippen LogP contribution in [0.1, 0.15) is 21.8 Å². The molecule has 0 aliphatic heterocycles. The molecule has 0 saturated carbocycles. The molecule has 0 bridgehead atoms. The Kier molecular flexibility index (Phi) is 18.5. The zero-order chi connectivity index (χ0) is 9.98. The molecule has 0 aromatic heterocycles. The van der Waals surface area contributed by atoms with Crippen LogP contribution in [0, 0.1) is 0 Å². The highest BCUT2D eigenvalue weighted by molar-refractivity contribution is 5.77. The van der Waals surface area contributed by atoms with E-state index in [0.29, 0.717) is 0 Å². The van der Waals surface area contributed by atoms with E-state index < -0.39 is 6.09 Å². The molecule has 0 radical (unpaired) electrons. The third-order valence-corrected chi connectivity index (χ3v) is 0.434. The average Bonchev–Trinajstić information content (AvgIpc) is 2.04. The molecule has 0 aromatic carbocycles. The summed E-state index contributed by atoms with van der Waals surface area (Å²) in [4.78, 5) is 19.5. The molecule has 0 unspecified atom stereocenters. The first-order chi connectivity index (χ1) is 5.58. The monoisotopic (exact) mass is 182 g/mol. The molecule has 0 aromatic rings. The number of carbonyl (C=O) groups excluding carboxylic acids is 2. The van der Waals surface area contributed by atoms with E-state index in [0.717, 1.165) is 0 Å². The van der Waals surface area contributed by atoms with Gasteiger partial charge in [-0.15, -0.1) is 0 Å². The summed E-state index contributed by atoms with van der Waals surface area (Å²) in [7, 11) is 1.20. The van der Waals surface area contributed by atoms with Gasteiger partial charge in [0, 0.05) is 0 Å². The van der Waals surface area contributed by atoms with Crippen molar-refractivity contribution in [3.05, 3.63) is 0 Å². The lowest BCUT2D eigenvalue weighted by atomic mass is 10.5. The van der Waals surface area contributed by atoms with Crippen molar-refractivity contribution in [2.24, 2.45) is 11.5 Å². The van der Waals surface area contributed by atoms with Crippen molar-refractivity contribution in [2.45, 2.75) is 21.8 Å². The zero-order valence-electron chi connectivity index (χ0n) is 7.93. The van der Waals surface area contributed by atoms with Crippen LogP contribution in [-0.2, 0) is 9.53 Å². The van der Waals surface area contributed by atoms with Crippen LogP contribution in [0.3, 0.4) is 0 Å². The van der Waals surface area contributed by atoms with Gasteiger partial charge in [0.15, 0.2) is 1.41 Å². The Morgan fingerprint density at radius 1 is 1.50 bits per heavy atom.